The highest BCUT2D eigenvalue weighted by Crippen LogP contribution is 2.29. The Balaban J connectivity index is 1.64. The summed E-state index contributed by atoms with van der Waals surface area (Å²) in [6.45, 7) is 1.58. The standard InChI is InChI=1S/C14H14BrClN4O2/c1-21-11-6-18-14(19-7-11)22-10-2-3-20(8-10)13-12(15)4-9(16)5-17-13/h4-7,10H,2-3,8H2,1H3. The molecule has 0 spiro atoms. The third-order valence-electron chi connectivity index (χ3n) is 3.35. The summed E-state index contributed by atoms with van der Waals surface area (Å²) in [4.78, 5) is 14.8. The molecule has 1 fully saturated rings. The van der Waals surface area contributed by atoms with Crippen molar-refractivity contribution in [2.45, 2.75) is 12.5 Å². The lowest BCUT2D eigenvalue weighted by Crippen LogP contribution is -2.26. The second-order valence-electron chi connectivity index (χ2n) is 4.84. The zero-order chi connectivity index (χ0) is 15.5. The first-order valence-electron chi connectivity index (χ1n) is 6.74. The minimum atomic E-state index is 0.0257. The lowest BCUT2D eigenvalue weighted by molar-refractivity contribution is 0.205. The first kappa shape index (κ1) is 15.3. The van der Waals surface area contributed by atoms with E-state index in [9.17, 15) is 0 Å². The summed E-state index contributed by atoms with van der Waals surface area (Å²) in [7, 11) is 1.57. The van der Waals surface area contributed by atoms with Gasteiger partial charge in [-0.05, 0) is 22.0 Å². The van der Waals surface area contributed by atoms with Gasteiger partial charge in [-0.2, -0.15) is 9.97 Å². The van der Waals surface area contributed by atoms with E-state index in [0.717, 1.165) is 29.8 Å². The van der Waals surface area contributed by atoms with Gasteiger partial charge >= 0.3 is 6.01 Å². The Kier molecular flexibility index (Phi) is 4.63. The summed E-state index contributed by atoms with van der Waals surface area (Å²) in [5.74, 6) is 1.47. The van der Waals surface area contributed by atoms with Crippen LogP contribution in [-0.2, 0) is 0 Å². The lowest BCUT2D eigenvalue weighted by atomic mass is 10.3. The molecule has 0 bridgehead atoms. The van der Waals surface area contributed by atoms with Gasteiger partial charge in [0.05, 0.1) is 35.5 Å². The van der Waals surface area contributed by atoms with Gasteiger partial charge in [0, 0.05) is 19.2 Å². The fourth-order valence-corrected chi connectivity index (χ4v) is 3.17. The van der Waals surface area contributed by atoms with E-state index in [4.69, 9.17) is 21.1 Å². The van der Waals surface area contributed by atoms with E-state index in [1.54, 1.807) is 25.7 Å². The van der Waals surface area contributed by atoms with Crippen LogP contribution in [0.4, 0.5) is 5.82 Å². The van der Waals surface area contributed by atoms with Crippen LogP contribution in [-0.4, -0.2) is 41.3 Å². The minimum Gasteiger partial charge on any atom is -0.494 e. The first-order chi connectivity index (χ1) is 10.7. The Hall–Kier alpha value is -1.60. The van der Waals surface area contributed by atoms with E-state index in [0.29, 0.717) is 16.8 Å². The van der Waals surface area contributed by atoms with E-state index in [1.807, 2.05) is 6.07 Å². The molecule has 0 amide bonds. The minimum absolute atomic E-state index is 0.0257. The van der Waals surface area contributed by atoms with Crippen LogP contribution in [0.3, 0.4) is 0 Å². The SMILES string of the molecule is COc1cnc(OC2CCN(c3ncc(Cl)cc3Br)C2)nc1. The molecule has 0 radical (unpaired) electrons. The predicted octanol–water partition coefficient (Wildman–Crippen LogP) is 2.95. The van der Waals surface area contributed by atoms with Crippen molar-refractivity contribution in [3.63, 3.8) is 0 Å². The highest BCUT2D eigenvalue weighted by molar-refractivity contribution is 9.10. The van der Waals surface area contributed by atoms with E-state index < -0.39 is 0 Å². The van der Waals surface area contributed by atoms with Gasteiger partial charge in [-0.1, -0.05) is 11.6 Å². The van der Waals surface area contributed by atoms with E-state index >= 15 is 0 Å². The molecule has 1 atom stereocenters. The van der Waals surface area contributed by atoms with Gasteiger partial charge in [-0.3, -0.25) is 0 Å². The van der Waals surface area contributed by atoms with Gasteiger partial charge in [0.15, 0.2) is 5.75 Å². The number of pyridine rings is 1. The zero-order valence-electron chi connectivity index (χ0n) is 11.9. The molecule has 2 aromatic rings. The van der Waals surface area contributed by atoms with E-state index in [2.05, 4.69) is 35.8 Å². The molecule has 1 unspecified atom stereocenters. The number of anilines is 1. The number of rotatable bonds is 4. The van der Waals surface area contributed by atoms with Gasteiger partial charge in [0.25, 0.3) is 0 Å². The van der Waals surface area contributed by atoms with Crippen LogP contribution < -0.4 is 14.4 Å². The number of halogens is 2. The number of methoxy groups -OCH3 is 1. The van der Waals surface area contributed by atoms with Crippen molar-refractivity contribution in [2.24, 2.45) is 0 Å². The quantitative estimate of drug-likeness (QED) is 0.806. The van der Waals surface area contributed by atoms with Crippen LogP contribution in [0.2, 0.25) is 5.02 Å². The predicted molar refractivity (Wildman–Crippen MR) is 86.8 cm³/mol. The van der Waals surface area contributed by atoms with E-state index in [-0.39, 0.29) is 6.10 Å². The summed E-state index contributed by atoms with van der Waals surface area (Å²) >= 11 is 9.41. The number of hydrogen-bond acceptors (Lipinski definition) is 6. The third kappa shape index (κ3) is 3.41. The fraction of sp³-hybridized carbons (Fsp3) is 0.357. The maximum atomic E-state index is 5.92. The van der Waals surface area contributed by atoms with Crippen LogP contribution in [0.15, 0.2) is 29.1 Å². The second-order valence-corrected chi connectivity index (χ2v) is 6.13. The largest absolute Gasteiger partial charge is 0.494 e. The molecule has 2 aromatic heterocycles. The average Bonchev–Trinajstić information content (AvgIpc) is 2.96. The highest BCUT2D eigenvalue weighted by atomic mass is 79.9. The van der Waals surface area contributed by atoms with Gasteiger partial charge in [-0.25, -0.2) is 4.98 Å². The lowest BCUT2D eigenvalue weighted by Gasteiger charge is -2.18. The number of hydrogen-bond donors (Lipinski definition) is 0. The maximum absolute atomic E-state index is 5.92. The van der Waals surface area contributed by atoms with Crippen molar-refractivity contribution in [3.8, 4) is 11.8 Å². The Morgan fingerprint density at radius 2 is 2.05 bits per heavy atom. The molecule has 8 heteroatoms. The number of aromatic nitrogens is 3. The van der Waals surface area contributed by atoms with Crippen LogP contribution in [0.5, 0.6) is 11.8 Å². The Labute approximate surface area is 141 Å². The number of nitrogens with zero attached hydrogens (tertiary/aromatic N) is 4. The van der Waals surface area contributed by atoms with Gasteiger partial charge in [-0.15, -0.1) is 0 Å². The molecule has 0 aromatic carbocycles. The Morgan fingerprint density at radius 3 is 2.73 bits per heavy atom. The summed E-state index contributed by atoms with van der Waals surface area (Å²) in [5.41, 5.74) is 0. The summed E-state index contributed by atoms with van der Waals surface area (Å²) in [6.07, 6.45) is 5.73. The zero-order valence-corrected chi connectivity index (χ0v) is 14.2. The van der Waals surface area contributed by atoms with Crippen molar-refractivity contribution >= 4 is 33.3 Å². The van der Waals surface area contributed by atoms with Crippen molar-refractivity contribution in [1.82, 2.24) is 15.0 Å². The molecule has 3 rings (SSSR count). The molecule has 0 aliphatic carbocycles. The van der Waals surface area contributed by atoms with Crippen molar-refractivity contribution in [1.29, 1.82) is 0 Å². The first-order valence-corrected chi connectivity index (χ1v) is 7.91. The monoisotopic (exact) mass is 384 g/mol. The fourth-order valence-electron chi connectivity index (χ4n) is 2.28. The van der Waals surface area contributed by atoms with Crippen LogP contribution in [0.25, 0.3) is 0 Å². The van der Waals surface area contributed by atoms with Crippen molar-refractivity contribution in [3.05, 3.63) is 34.2 Å². The summed E-state index contributed by atoms with van der Waals surface area (Å²) < 4.78 is 11.7. The maximum Gasteiger partial charge on any atom is 0.316 e. The molecular weight excluding hydrogens is 372 g/mol. The van der Waals surface area contributed by atoms with Crippen LogP contribution >= 0.6 is 27.5 Å². The van der Waals surface area contributed by atoms with Gasteiger partial charge in [0.2, 0.25) is 0 Å². The second kappa shape index (κ2) is 6.66. The molecular formula is C14H14BrClN4O2. The van der Waals surface area contributed by atoms with Crippen LogP contribution in [0.1, 0.15) is 6.42 Å². The molecule has 0 N–H and O–H groups in total. The Morgan fingerprint density at radius 1 is 1.27 bits per heavy atom. The topological polar surface area (TPSA) is 60.4 Å². The molecule has 0 saturated carbocycles. The van der Waals surface area contributed by atoms with Gasteiger partial charge in [0.1, 0.15) is 11.9 Å². The molecule has 6 nitrogen and oxygen atoms in total. The molecule has 1 aliphatic heterocycles. The molecule has 1 aliphatic rings. The highest BCUT2D eigenvalue weighted by Gasteiger charge is 2.27. The smallest absolute Gasteiger partial charge is 0.316 e. The summed E-state index contributed by atoms with van der Waals surface area (Å²) in [6, 6.07) is 2.20. The number of ether oxygens (including phenoxy) is 2. The molecule has 3 heterocycles. The molecule has 116 valence electrons. The average molecular weight is 386 g/mol. The Bertz CT molecular complexity index is 656. The molecule has 1 saturated heterocycles. The molecule has 22 heavy (non-hydrogen) atoms. The van der Waals surface area contributed by atoms with Gasteiger partial charge < -0.3 is 14.4 Å². The van der Waals surface area contributed by atoms with Crippen molar-refractivity contribution in [2.75, 3.05) is 25.1 Å². The normalized spacial score (nSPS) is 17.6. The van der Waals surface area contributed by atoms with Crippen LogP contribution in [0, 0.1) is 0 Å². The van der Waals surface area contributed by atoms with E-state index in [1.165, 1.54) is 0 Å². The third-order valence-corrected chi connectivity index (χ3v) is 4.14. The summed E-state index contributed by atoms with van der Waals surface area (Å²) in [5, 5.41) is 0.606. The van der Waals surface area contributed by atoms with Crippen molar-refractivity contribution < 1.29 is 9.47 Å².